The van der Waals surface area contributed by atoms with Crippen molar-refractivity contribution in [2.24, 2.45) is 35.5 Å². The first-order chi connectivity index (χ1) is 26.6. The van der Waals surface area contributed by atoms with E-state index in [-0.39, 0.29) is 30.0 Å². The van der Waals surface area contributed by atoms with Crippen LogP contribution < -0.4 is 16.0 Å². The molecular weight excluding hydrogens is 700 g/mol. The lowest BCUT2D eigenvalue weighted by Gasteiger charge is -2.24. The van der Waals surface area contributed by atoms with Gasteiger partial charge in [0.2, 0.25) is 0 Å². The number of hydrogen-bond donors (Lipinski definition) is 6. The number of carboxylic acids is 3. The zero-order valence-corrected chi connectivity index (χ0v) is 31.7. The zero-order chi connectivity index (χ0) is 38.7. The lowest BCUT2D eigenvalue weighted by atomic mass is 9.85. The molecule has 10 nitrogen and oxygen atoms in total. The van der Waals surface area contributed by atoms with Crippen LogP contribution in [0.2, 0.25) is 0 Å². The summed E-state index contributed by atoms with van der Waals surface area (Å²) in [6.45, 7) is 6.40. The minimum absolute atomic E-state index is 0.00783. The molecular formula is C44H57FN4O6. The van der Waals surface area contributed by atoms with E-state index in [4.69, 9.17) is 0 Å². The molecule has 6 N–H and O–H groups in total. The van der Waals surface area contributed by atoms with Crippen molar-refractivity contribution in [1.82, 2.24) is 20.9 Å². The SMILES string of the molecule is O=C(O)C(Cc1cccc(CCN(CCc2cccc(CC(C(=O)O)C3CCNC3)c2)Cc2cc(F)cc(CC(C(=O)O)C3CCNC3)c2)c1)C1CCNC1. The summed E-state index contributed by atoms with van der Waals surface area (Å²) in [6, 6.07) is 21.3. The lowest BCUT2D eigenvalue weighted by Crippen LogP contribution is -2.29. The first-order valence-electron chi connectivity index (χ1n) is 20.1. The van der Waals surface area contributed by atoms with Gasteiger partial charge in [-0.2, -0.15) is 0 Å². The molecule has 296 valence electrons. The van der Waals surface area contributed by atoms with E-state index in [9.17, 15) is 29.7 Å². The third-order valence-corrected chi connectivity index (χ3v) is 12.2. The highest BCUT2D eigenvalue weighted by Gasteiger charge is 2.33. The molecule has 3 aromatic rings. The topological polar surface area (TPSA) is 151 Å². The number of aliphatic carboxylic acids is 3. The summed E-state index contributed by atoms with van der Waals surface area (Å²) in [7, 11) is 0. The number of rotatable bonds is 20. The maximum Gasteiger partial charge on any atom is 0.307 e. The van der Waals surface area contributed by atoms with Crippen molar-refractivity contribution in [3.63, 3.8) is 0 Å². The Kier molecular flexibility index (Phi) is 14.4. The van der Waals surface area contributed by atoms with E-state index >= 15 is 4.39 Å². The van der Waals surface area contributed by atoms with Crippen molar-refractivity contribution in [1.29, 1.82) is 0 Å². The van der Waals surface area contributed by atoms with Crippen LogP contribution in [-0.2, 0) is 53.0 Å². The molecule has 3 heterocycles. The average Bonchev–Trinajstić information content (AvgIpc) is 3.98. The fourth-order valence-corrected chi connectivity index (χ4v) is 9.04. The Bertz CT molecular complexity index is 1670. The highest BCUT2D eigenvalue weighted by atomic mass is 19.1. The van der Waals surface area contributed by atoms with E-state index in [2.05, 4.69) is 45.1 Å². The van der Waals surface area contributed by atoms with Gasteiger partial charge in [-0.25, -0.2) is 4.39 Å². The van der Waals surface area contributed by atoms with Gasteiger partial charge in [0.25, 0.3) is 0 Å². The second-order valence-electron chi connectivity index (χ2n) is 16.1. The number of nitrogens with zero attached hydrogens (tertiary/aromatic N) is 1. The van der Waals surface area contributed by atoms with Gasteiger partial charge in [-0.05, 0) is 154 Å². The first kappa shape index (κ1) is 40.5. The molecule has 11 heteroatoms. The first-order valence-corrected chi connectivity index (χ1v) is 20.1. The van der Waals surface area contributed by atoms with Crippen LogP contribution in [0.25, 0.3) is 0 Å². The number of hydrogen-bond acceptors (Lipinski definition) is 7. The van der Waals surface area contributed by atoms with Crippen molar-refractivity contribution >= 4 is 17.9 Å². The molecule has 0 aliphatic carbocycles. The fraction of sp³-hybridized carbons (Fsp3) is 0.523. The molecule has 0 amide bonds. The third-order valence-electron chi connectivity index (χ3n) is 12.2. The summed E-state index contributed by atoms with van der Waals surface area (Å²) in [5.74, 6) is -3.97. The summed E-state index contributed by atoms with van der Waals surface area (Å²) >= 11 is 0. The number of carboxylic acid groups (broad SMARTS) is 3. The van der Waals surface area contributed by atoms with Crippen LogP contribution in [0.5, 0.6) is 0 Å². The average molecular weight is 757 g/mol. The molecule has 3 aliphatic rings. The summed E-state index contributed by atoms with van der Waals surface area (Å²) in [6.07, 6.45) is 5.18. The molecule has 3 fully saturated rings. The van der Waals surface area contributed by atoms with E-state index in [1.807, 2.05) is 30.3 Å². The molecule has 3 saturated heterocycles. The molecule has 0 spiro atoms. The molecule has 6 unspecified atom stereocenters. The Morgan fingerprint density at radius 1 is 0.582 bits per heavy atom. The van der Waals surface area contributed by atoms with Gasteiger partial charge in [0.05, 0.1) is 17.8 Å². The largest absolute Gasteiger partial charge is 0.481 e. The van der Waals surface area contributed by atoms with E-state index in [1.54, 1.807) is 6.07 Å². The number of halogens is 1. The third kappa shape index (κ3) is 11.7. The van der Waals surface area contributed by atoms with Gasteiger partial charge in [-0.1, -0.05) is 54.6 Å². The summed E-state index contributed by atoms with van der Waals surface area (Å²) in [5, 5.41) is 39.9. The molecule has 0 aromatic heterocycles. The Labute approximate surface area is 323 Å². The van der Waals surface area contributed by atoms with Gasteiger partial charge in [0.15, 0.2) is 0 Å². The predicted molar refractivity (Wildman–Crippen MR) is 209 cm³/mol. The van der Waals surface area contributed by atoms with E-state index in [0.717, 1.165) is 79.8 Å². The van der Waals surface area contributed by atoms with Gasteiger partial charge in [-0.3, -0.25) is 19.3 Å². The van der Waals surface area contributed by atoms with Crippen molar-refractivity contribution in [3.05, 3.63) is 106 Å². The van der Waals surface area contributed by atoms with Gasteiger partial charge in [0.1, 0.15) is 5.82 Å². The standard InChI is InChI=1S/C44H57FN4O6/c45-38-20-33(24-41(44(54)55)37-9-14-48-27-37)19-34(21-38)28-49(15-10-29-3-1-5-31(17-29)22-39(42(50)51)35-7-12-46-25-35)16-11-30-4-2-6-32(18-30)23-40(43(52)53)36-8-13-47-26-36/h1-6,17-21,35-37,39-41,46-48H,7-16,22-28H2,(H,50,51)(H,52,53)(H,54,55). The summed E-state index contributed by atoms with van der Waals surface area (Å²) in [4.78, 5) is 38.9. The molecule has 6 atom stereocenters. The van der Waals surface area contributed by atoms with E-state index < -0.39 is 35.7 Å². The van der Waals surface area contributed by atoms with Crippen molar-refractivity contribution in [3.8, 4) is 0 Å². The molecule has 6 rings (SSSR count). The van der Waals surface area contributed by atoms with Crippen molar-refractivity contribution < 1.29 is 34.1 Å². The maximum atomic E-state index is 15.2. The highest BCUT2D eigenvalue weighted by molar-refractivity contribution is 5.72. The van der Waals surface area contributed by atoms with Crippen LogP contribution in [-0.4, -0.2) is 90.5 Å². The Balaban J connectivity index is 1.17. The van der Waals surface area contributed by atoms with Gasteiger partial charge in [0, 0.05) is 19.6 Å². The summed E-state index contributed by atoms with van der Waals surface area (Å²) in [5.41, 5.74) is 5.70. The normalized spacial score (nSPS) is 21.5. The molecule has 0 saturated carbocycles. The molecule has 3 aliphatic heterocycles. The predicted octanol–water partition coefficient (Wildman–Crippen LogP) is 4.67. The monoisotopic (exact) mass is 756 g/mol. The molecule has 0 bridgehead atoms. The van der Waals surface area contributed by atoms with Crippen LogP contribution in [0.15, 0.2) is 66.7 Å². The zero-order valence-electron chi connectivity index (χ0n) is 31.7. The van der Waals surface area contributed by atoms with Gasteiger partial charge < -0.3 is 31.3 Å². The minimum Gasteiger partial charge on any atom is -0.481 e. The van der Waals surface area contributed by atoms with Crippen molar-refractivity contribution in [2.75, 3.05) is 52.4 Å². The highest BCUT2D eigenvalue weighted by Crippen LogP contribution is 2.27. The van der Waals surface area contributed by atoms with Crippen LogP contribution in [0, 0.1) is 41.3 Å². The van der Waals surface area contributed by atoms with Crippen LogP contribution in [0.1, 0.15) is 52.6 Å². The Morgan fingerprint density at radius 3 is 1.36 bits per heavy atom. The molecule has 3 aromatic carbocycles. The van der Waals surface area contributed by atoms with Crippen LogP contribution in [0.4, 0.5) is 4.39 Å². The van der Waals surface area contributed by atoms with E-state index in [0.29, 0.717) is 57.4 Å². The number of carbonyl (C=O) groups is 3. The quantitative estimate of drug-likeness (QED) is 0.0961. The van der Waals surface area contributed by atoms with Crippen molar-refractivity contribution in [2.45, 2.75) is 57.9 Å². The second kappa shape index (κ2) is 19.6. The Hall–Kier alpha value is -4.16. The van der Waals surface area contributed by atoms with Gasteiger partial charge in [-0.15, -0.1) is 0 Å². The summed E-state index contributed by atoms with van der Waals surface area (Å²) < 4.78 is 15.2. The Morgan fingerprint density at radius 2 is 0.964 bits per heavy atom. The second-order valence-corrected chi connectivity index (χ2v) is 16.1. The lowest BCUT2D eigenvalue weighted by molar-refractivity contribution is -0.144. The van der Waals surface area contributed by atoms with Crippen LogP contribution >= 0.6 is 0 Å². The maximum absolute atomic E-state index is 15.2. The molecule has 55 heavy (non-hydrogen) atoms. The minimum atomic E-state index is -0.852. The number of benzene rings is 3. The number of nitrogens with one attached hydrogen (secondary N) is 3. The van der Waals surface area contributed by atoms with Crippen LogP contribution in [0.3, 0.4) is 0 Å². The molecule has 0 radical (unpaired) electrons. The smallest absolute Gasteiger partial charge is 0.307 e. The fourth-order valence-electron chi connectivity index (χ4n) is 9.04. The van der Waals surface area contributed by atoms with E-state index in [1.165, 1.54) is 6.07 Å². The van der Waals surface area contributed by atoms with Gasteiger partial charge >= 0.3 is 17.9 Å².